The Morgan fingerprint density at radius 1 is 1.15 bits per heavy atom. The van der Waals surface area contributed by atoms with Crippen molar-refractivity contribution in [3.63, 3.8) is 0 Å². The highest BCUT2D eigenvalue weighted by Gasteiger charge is 2.41. The van der Waals surface area contributed by atoms with Gasteiger partial charge >= 0.3 is 0 Å². The standard InChI is InChI=1S/C17H26ClNO/c1-5-19-16(10-14-6-8-15(18)9-7-14)17-11(2)12(3)20-13(17)4/h6-9,11-13,16-17,19H,5,10H2,1-4H3. The summed E-state index contributed by atoms with van der Waals surface area (Å²) < 4.78 is 6.01. The van der Waals surface area contributed by atoms with Gasteiger partial charge in [0.05, 0.1) is 12.2 Å². The first-order chi connectivity index (χ1) is 9.52. The number of halogens is 1. The van der Waals surface area contributed by atoms with Crippen molar-refractivity contribution in [3.8, 4) is 0 Å². The Balaban J connectivity index is 2.12. The SMILES string of the molecule is CCNC(Cc1ccc(Cl)cc1)C1C(C)OC(C)C1C. The van der Waals surface area contributed by atoms with E-state index in [1.807, 2.05) is 12.1 Å². The molecule has 1 aromatic carbocycles. The van der Waals surface area contributed by atoms with E-state index in [4.69, 9.17) is 16.3 Å². The maximum Gasteiger partial charge on any atom is 0.0597 e. The normalized spacial score (nSPS) is 31.4. The number of hydrogen-bond acceptors (Lipinski definition) is 2. The fourth-order valence-electron chi connectivity index (χ4n) is 3.47. The van der Waals surface area contributed by atoms with Crippen LogP contribution in [0.15, 0.2) is 24.3 Å². The molecule has 1 N–H and O–H groups in total. The van der Waals surface area contributed by atoms with E-state index in [2.05, 4.69) is 45.1 Å². The van der Waals surface area contributed by atoms with E-state index in [1.165, 1.54) is 5.56 Å². The molecule has 0 amide bonds. The second-order valence-corrected chi connectivity index (χ2v) is 6.41. The first-order valence-electron chi connectivity index (χ1n) is 7.66. The molecule has 20 heavy (non-hydrogen) atoms. The number of benzene rings is 1. The van der Waals surface area contributed by atoms with Gasteiger partial charge in [-0.15, -0.1) is 0 Å². The third-order valence-corrected chi connectivity index (χ3v) is 4.87. The largest absolute Gasteiger partial charge is 0.375 e. The quantitative estimate of drug-likeness (QED) is 0.889. The van der Waals surface area contributed by atoms with Crippen molar-refractivity contribution in [1.82, 2.24) is 5.32 Å². The van der Waals surface area contributed by atoms with Crippen LogP contribution in [0, 0.1) is 11.8 Å². The van der Waals surface area contributed by atoms with Gasteiger partial charge in [-0.25, -0.2) is 0 Å². The maximum absolute atomic E-state index is 6.01. The zero-order valence-electron chi connectivity index (χ0n) is 12.9. The molecule has 5 atom stereocenters. The van der Waals surface area contributed by atoms with Crippen LogP contribution in [0.4, 0.5) is 0 Å². The molecule has 1 saturated heterocycles. The molecule has 5 unspecified atom stereocenters. The number of likely N-dealkylation sites (N-methyl/N-ethyl adjacent to an activating group) is 1. The molecular formula is C17H26ClNO. The number of rotatable bonds is 5. The molecule has 1 heterocycles. The summed E-state index contributed by atoms with van der Waals surface area (Å²) in [5.41, 5.74) is 1.33. The number of ether oxygens (including phenoxy) is 1. The van der Waals surface area contributed by atoms with E-state index >= 15 is 0 Å². The average molecular weight is 296 g/mol. The van der Waals surface area contributed by atoms with Crippen LogP contribution in [0.3, 0.4) is 0 Å². The van der Waals surface area contributed by atoms with Gasteiger partial charge in [0, 0.05) is 17.0 Å². The Labute approximate surface area is 127 Å². The maximum atomic E-state index is 6.01. The van der Waals surface area contributed by atoms with Crippen LogP contribution in [0.25, 0.3) is 0 Å². The fraction of sp³-hybridized carbons (Fsp3) is 0.647. The van der Waals surface area contributed by atoms with Crippen LogP contribution < -0.4 is 5.32 Å². The highest BCUT2D eigenvalue weighted by molar-refractivity contribution is 6.30. The molecule has 1 aromatic rings. The van der Waals surface area contributed by atoms with Gasteiger partial charge in [-0.1, -0.05) is 37.6 Å². The van der Waals surface area contributed by atoms with Crippen molar-refractivity contribution < 1.29 is 4.74 Å². The fourth-order valence-corrected chi connectivity index (χ4v) is 3.59. The van der Waals surface area contributed by atoms with Gasteiger partial charge in [0.15, 0.2) is 0 Å². The molecule has 2 rings (SSSR count). The van der Waals surface area contributed by atoms with Crippen LogP contribution in [-0.2, 0) is 11.2 Å². The first-order valence-corrected chi connectivity index (χ1v) is 8.04. The second kappa shape index (κ2) is 6.93. The number of nitrogens with one attached hydrogen (secondary N) is 1. The van der Waals surface area contributed by atoms with Gasteiger partial charge in [-0.3, -0.25) is 0 Å². The van der Waals surface area contributed by atoms with E-state index in [9.17, 15) is 0 Å². The molecular weight excluding hydrogens is 270 g/mol. The molecule has 0 aliphatic carbocycles. The lowest BCUT2D eigenvalue weighted by atomic mass is 9.81. The zero-order chi connectivity index (χ0) is 14.7. The Morgan fingerprint density at radius 3 is 2.30 bits per heavy atom. The summed E-state index contributed by atoms with van der Waals surface area (Å²) in [4.78, 5) is 0. The van der Waals surface area contributed by atoms with Crippen LogP contribution in [0.1, 0.15) is 33.3 Å². The Hall–Kier alpha value is -0.570. The van der Waals surface area contributed by atoms with E-state index in [0.717, 1.165) is 18.0 Å². The third kappa shape index (κ3) is 3.55. The molecule has 2 nitrogen and oxygen atoms in total. The van der Waals surface area contributed by atoms with Crippen molar-refractivity contribution in [2.75, 3.05) is 6.54 Å². The molecule has 1 aliphatic rings. The van der Waals surface area contributed by atoms with Crippen molar-refractivity contribution in [2.24, 2.45) is 11.8 Å². The molecule has 1 aliphatic heterocycles. The van der Waals surface area contributed by atoms with Crippen LogP contribution >= 0.6 is 11.6 Å². The van der Waals surface area contributed by atoms with Gasteiger partial charge in [-0.2, -0.15) is 0 Å². The highest BCUT2D eigenvalue weighted by atomic mass is 35.5. The topological polar surface area (TPSA) is 21.3 Å². The van der Waals surface area contributed by atoms with Crippen LogP contribution in [-0.4, -0.2) is 24.8 Å². The summed E-state index contributed by atoms with van der Waals surface area (Å²) in [5.74, 6) is 1.14. The van der Waals surface area contributed by atoms with Crippen molar-refractivity contribution in [3.05, 3.63) is 34.9 Å². The predicted octanol–water partition coefficient (Wildman–Crippen LogP) is 3.92. The first kappa shape index (κ1) is 15.8. The monoisotopic (exact) mass is 295 g/mol. The zero-order valence-corrected chi connectivity index (χ0v) is 13.7. The van der Waals surface area contributed by atoms with Gasteiger partial charge < -0.3 is 10.1 Å². The summed E-state index contributed by atoms with van der Waals surface area (Å²) in [6, 6.07) is 8.65. The third-order valence-electron chi connectivity index (χ3n) is 4.62. The molecule has 0 aromatic heterocycles. The summed E-state index contributed by atoms with van der Waals surface area (Å²) in [6.45, 7) is 9.86. The van der Waals surface area contributed by atoms with Crippen molar-refractivity contribution >= 4 is 11.6 Å². The summed E-state index contributed by atoms with van der Waals surface area (Å²) >= 11 is 5.97. The number of hydrogen-bond donors (Lipinski definition) is 1. The smallest absolute Gasteiger partial charge is 0.0597 e. The molecule has 112 valence electrons. The Bertz CT molecular complexity index is 420. The van der Waals surface area contributed by atoms with E-state index in [1.54, 1.807) is 0 Å². The Kier molecular flexibility index (Phi) is 5.48. The van der Waals surface area contributed by atoms with Crippen molar-refractivity contribution in [2.45, 2.75) is 52.4 Å². The average Bonchev–Trinajstić information content (AvgIpc) is 2.66. The minimum atomic E-state index is 0.316. The summed E-state index contributed by atoms with van der Waals surface area (Å²) in [6.07, 6.45) is 1.69. The van der Waals surface area contributed by atoms with Gasteiger partial charge in [0.1, 0.15) is 0 Å². The predicted molar refractivity (Wildman–Crippen MR) is 85.3 cm³/mol. The molecule has 0 saturated carbocycles. The minimum absolute atomic E-state index is 0.316. The summed E-state index contributed by atoms with van der Waals surface area (Å²) in [7, 11) is 0. The highest BCUT2D eigenvalue weighted by Crippen LogP contribution is 2.35. The molecule has 0 bridgehead atoms. The molecule has 0 spiro atoms. The summed E-state index contributed by atoms with van der Waals surface area (Å²) in [5, 5.41) is 4.46. The Morgan fingerprint density at radius 2 is 1.80 bits per heavy atom. The van der Waals surface area contributed by atoms with E-state index in [0.29, 0.717) is 30.1 Å². The van der Waals surface area contributed by atoms with Crippen LogP contribution in [0.5, 0.6) is 0 Å². The lowest BCUT2D eigenvalue weighted by Crippen LogP contribution is -2.43. The second-order valence-electron chi connectivity index (χ2n) is 5.98. The molecule has 0 radical (unpaired) electrons. The van der Waals surface area contributed by atoms with Crippen LogP contribution in [0.2, 0.25) is 5.02 Å². The van der Waals surface area contributed by atoms with E-state index < -0.39 is 0 Å². The van der Waals surface area contributed by atoms with E-state index in [-0.39, 0.29) is 0 Å². The van der Waals surface area contributed by atoms with Gasteiger partial charge in [-0.05, 0) is 50.4 Å². The van der Waals surface area contributed by atoms with Crippen molar-refractivity contribution in [1.29, 1.82) is 0 Å². The molecule has 1 fully saturated rings. The minimum Gasteiger partial charge on any atom is -0.375 e. The van der Waals surface area contributed by atoms with Gasteiger partial charge in [0.25, 0.3) is 0 Å². The molecule has 3 heteroatoms. The van der Waals surface area contributed by atoms with Gasteiger partial charge in [0.2, 0.25) is 0 Å². The lowest BCUT2D eigenvalue weighted by molar-refractivity contribution is 0.0476. The lowest BCUT2D eigenvalue weighted by Gasteiger charge is -2.30.